The quantitative estimate of drug-likeness (QED) is 0.606. The maximum atomic E-state index is 11.6. The fourth-order valence-corrected chi connectivity index (χ4v) is 2.31. The lowest BCUT2D eigenvalue weighted by Crippen LogP contribution is -2.50. The zero-order chi connectivity index (χ0) is 11.7. The van der Waals surface area contributed by atoms with Crippen molar-refractivity contribution >= 4 is 22.2 Å². The topological polar surface area (TPSA) is 98.3 Å². The molecule has 1 amide bonds. The van der Waals surface area contributed by atoms with E-state index in [0.717, 1.165) is 24.2 Å². The Morgan fingerprint density at radius 2 is 2.25 bits per heavy atom. The molecule has 16 heavy (non-hydrogen) atoms. The van der Waals surface area contributed by atoms with Gasteiger partial charge in [-0.1, -0.05) is 11.3 Å². The van der Waals surface area contributed by atoms with E-state index in [1.54, 1.807) is 0 Å². The minimum absolute atomic E-state index is 0.0181. The van der Waals surface area contributed by atoms with Gasteiger partial charge in [0.15, 0.2) is 0 Å². The van der Waals surface area contributed by atoms with Crippen LogP contribution in [0.15, 0.2) is 12.1 Å². The van der Waals surface area contributed by atoms with Gasteiger partial charge in [-0.25, -0.2) is 0 Å². The van der Waals surface area contributed by atoms with Crippen molar-refractivity contribution in [2.75, 3.05) is 0 Å². The molecule has 0 unspecified atom stereocenters. The molecule has 1 saturated carbocycles. The summed E-state index contributed by atoms with van der Waals surface area (Å²) in [4.78, 5) is 21.9. The van der Waals surface area contributed by atoms with Gasteiger partial charge >= 0.3 is 5.00 Å². The number of hydrogen-bond acceptors (Lipinski definition) is 5. The van der Waals surface area contributed by atoms with Crippen molar-refractivity contribution in [1.29, 1.82) is 0 Å². The summed E-state index contributed by atoms with van der Waals surface area (Å²) < 4.78 is 0. The largest absolute Gasteiger partial charge is 0.348 e. The van der Waals surface area contributed by atoms with E-state index in [-0.39, 0.29) is 23.0 Å². The first-order valence-electron chi connectivity index (χ1n) is 4.87. The first-order valence-corrected chi connectivity index (χ1v) is 5.68. The van der Waals surface area contributed by atoms with Crippen LogP contribution in [0.2, 0.25) is 0 Å². The first kappa shape index (κ1) is 11.0. The van der Waals surface area contributed by atoms with Gasteiger partial charge in [-0.2, -0.15) is 0 Å². The summed E-state index contributed by atoms with van der Waals surface area (Å²) in [5, 5.41) is 13.2. The molecule has 6 nitrogen and oxygen atoms in total. The van der Waals surface area contributed by atoms with E-state index in [9.17, 15) is 14.9 Å². The van der Waals surface area contributed by atoms with Crippen molar-refractivity contribution in [2.45, 2.75) is 24.9 Å². The van der Waals surface area contributed by atoms with Crippen LogP contribution in [-0.2, 0) is 0 Å². The highest BCUT2D eigenvalue weighted by Crippen LogP contribution is 2.25. The molecule has 1 aliphatic rings. The lowest BCUT2D eigenvalue weighted by atomic mass is 9.87. The lowest BCUT2D eigenvalue weighted by molar-refractivity contribution is -0.380. The number of thiophene rings is 1. The highest BCUT2D eigenvalue weighted by molar-refractivity contribution is 7.17. The normalized spacial score (nSPS) is 23.6. The average Bonchev–Trinajstić information content (AvgIpc) is 2.63. The summed E-state index contributed by atoms with van der Waals surface area (Å²) in [7, 11) is 0. The Bertz CT molecular complexity index is 425. The van der Waals surface area contributed by atoms with Crippen molar-refractivity contribution in [3.63, 3.8) is 0 Å². The Balaban J connectivity index is 1.95. The van der Waals surface area contributed by atoms with Crippen LogP contribution in [0.4, 0.5) is 5.00 Å². The standard InChI is InChI=1S/C9H11N3O3S/c10-5-3-6(4-5)11-9(13)7-1-2-8(16-7)12(14)15/h1-2,5-6H,3-4,10H2,(H,11,13). The molecule has 3 N–H and O–H groups in total. The third-order valence-corrected chi connectivity index (χ3v) is 3.54. The molecule has 0 aliphatic heterocycles. The molecule has 86 valence electrons. The number of nitrogens with two attached hydrogens (primary N) is 1. The van der Waals surface area contributed by atoms with Crippen LogP contribution < -0.4 is 11.1 Å². The molecule has 1 aromatic heterocycles. The van der Waals surface area contributed by atoms with E-state index in [4.69, 9.17) is 5.73 Å². The first-order chi connectivity index (χ1) is 7.56. The van der Waals surface area contributed by atoms with Crippen LogP contribution in [0, 0.1) is 10.1 Å². The fraction of sp³-hybridized carbons (Fsp3) is 0.444. The molecule has 0 spiro atoms. The van der Waals surface area contributed by atoms with Crippen LogP contribution in [0.1, 0.15) is 22.5 Å². The summed E-state index contributed by atoms with van der Waals surface area (Å²) >= 11 is 0.884. The third kappa shape index (κ3) is 2.20. The summed E-state index contributed by atoms with van der Waals surface area (Å²) in [5.41, 5.74) is 5.59. The Morgan fingerprint density at radius 1 is 1.56 bits per heavy atom. The van der Waals surface area contributed by atoms with E-state index >= 15 is 0 Å². The Labute approximate surface area is 95.6 Å². The number of carbonyl (C=O) groups excluding carboxylic acids is 1. The van der Waals surface area contributed by atoms with Crippen LogP contribution in [0.5, 0.6) is 0 Å². The van der Waals surface area contributed by atoms with Crippen molar-refractivity contribution < 1.29 is 9.72 Å². The van der Waals surface area contributed by atoms with Gasteiger partial charge in [-0.3, -0.25) is 14.9 Å². The average molecular weight is 241 g/mol. The van der Waals surface area contributed by atoms with Crippen molar-refractivity contribution in [3.8, 4) is 0 Å². The van der Waals surface area contributed by atoms with Gasteiger partial charge in [0.2, 0.25) is 0 Å². The molecule has 1 aromatic rings. The molecule has 7 heteroatoms. The minimum Gasteiger partial charge on any atom is -0.348 e. The van der Waals surface area contributed by atoms with Gasteiger partial charge in [-0.05, 0) is 18.9 Å². The maximum absolute atomic E-state index is 11.6. The highest BCUT2D eigenvalue weighted by Gasteiger charge is 2.28. The maximum Gasteiger partial charge on any atom is 0.324 e. The van der Waals surface area contributed by atoms with Gasteiger partial charge in [0.1, 0.15) is 0 Å². The Hall–Kier alpha value is -1.47. The van der Waals surface area contributed by atoms with Gasteiger partial charge < -0.3 is 11.1 Å². The Morgan fingerprint density at radius 3 is 2.75 bits per heavy atom. The predicted octanol–water partition coefficient (Wildman–Crippen LogP) is 0.876. The van der Waals surface area contributed by atoms with Gasteiger partial charge in [-0.15, -0.1) is 0 Å². The van der Waals surface area contributed by atoms with Gasteiger partial charge in [0.25, 0.3) is 5.91 Å². The molecule has 0 radical (unpaired) electrons. The third-order valence-electron chi connectivity index (χ3n) is 2.51. The highest BCUT2D eigenvalue weighted by atomic mass is 32.1. The zero-order valence-corrected chi connectivity index (χ0v) is 9.20. The summed E-state index contributed by atoms with van der Waals surface area (Å²) in [6.45, 7) is 0. The zero-order valence-electron chi connectivity index (χ0n) is 8.38. The van der Waals surface area contributed by atoms with Crippen LogP contribution >= 0.6 is 11.3 Å². The molecule has 1 aliphatic carbocycles. The summed E-state index contributed by atoms with van der Waals surface area (Å²) in [6, 6.07) is 3.09. The SMILES string of the molecule is NC1CC(NC(=O)c2ccc([N+](=O)[O-])s2)C1. The van der Waals surface area contributed by atoms with Gasteiger partial charge in [0.05, 0.1) is 9.80 Å². The smallest absolute Gasteiger partial charge is 0.324 e. The molecular formula is C9H11N3O3S. The van der Waals surface area contributed by atoms with Crippen LogP contribution in [0.25, 0.3) is 0 Å². The summed E-state index contributed by atoms with van der Waals surface area (Å²) in [6.07, 6.45) is 1.55. The summed E-state index contributed by atoms with van der Waals surface area (Å²) in [5.74, 6) is -0.255. The number of nitrogens with one attached hydrogen (secondary N) is 1. The van der Waals surface area contributed by atoms with Gasteiger partial charge in [0, 0.05) is 18.2 Å². The molecule has 2 rings (SSSR count). The molecular weight excluding hydrogens is 230 g/mol. The van der Waals surface area contributed by atoms with E-state index in [1.807, 2.05) is 0 Å². The fourth-order valence-electron chi connectivity index (χ4n) is 1.58. The number of amides is 1. The van der Waals surface area contributed by atoms with E-state index in [2.05, 4.69) is 5.32 Å². The second-order valence-corrected chi connectivity index (χ2v) is 4.86. The number of nitro groups is 1. The Kier molecular flexibility index (Phi) is 2.88. The molecule has 0 bridgehead atoms. The van der Waals surface area contributed by atoms with E-state index in [1.165, 1.54) is 12.1 Å². The number of hydrogen-bond donors (Lipinski definition) is 2. The molecule has 0 atom stereocenters. The van der Waals surface area contributed by atoms with Crippen molar-refractivity contribution in [3.05, 3.63) is 27.1 Å². The molecule has 0 saturated heterocycles. The van der Waals surface area contributed by atoms with Crippen LogP contribution in [-0.4, -0.2) is 22.9 Å². The second-order valence-electron chi connectivity index (χ2n) is 3.80. The van der Waals surface area contributed by atoms with Crippen molar-refractivity contribution in [2.24, 2.45) is 5.73 Å². The van der Waals surface area contributed by atoms with E-state index in [0.29, 0.717) is 4.88 Å². The second kappa shape index (κ2) is 4.18. The molecule has 0 aromatic carbocycles. The number of carbonyl (C=O) groups is 1. The monoisotopic (exact) mass is 241 g/mol. The minimum atomic E-state index is -0.499. The van der Waals surface area contributed by atoms with E-state index < -0.39 is 4.92 Å². The predicted molar refractivity (Wildman–Crippen MR) is 59.4 cm³/mol. The van der Waals surface area contributed by atoms with Crippen LogP contribution in [0.3, 0.4) is 0 Å². The number of rotatable bonds is 3. The molecule has 1 heterocycles. The lowest BCUT2D eigenvalue weighted by Gasteiger charge is -2.32. The van der Waals surface area contributed by atoms with Crippen molar-refractivity contribution in [1.82, 2.24) is 5.32 Å². The number of nitrogens with zero attached hydrogens (tertiary/aromatic N) is 1. The molecule has 1 fully saturated rings.